The summed E-state index contributed by atoms with van der Waals surface area (Å²) < 4.78 is 46.0. The fourth-order valence-corrected chi connectivity index (χ4v) is 3.95. The van der Waals surface area contributed by atoms with E-state index in [4.69, 9.17) is 15.6 Å². The maximum Gasteiger partial charge on any atom is 0.416 e. The molecule has 0 unspecified atom stereocenters. The molecule has 5 rings (SSSR count). The van der Waals surface area contributed by atoms with Crippen LogP contribution in [0.5, 0.6) is 0 Å². The molecule has 1 atom stereocenters. The van der Waals surface area contributed by atoms with Gasteiger partial charge in [-0.2, -0.15) is 18.3 Å². The molecule has 1 aliphatic heterocycles. The number of amides is 2. The van der Waals surface area contributed by atoms with Crippen molar-refractivity contribution in [2.75, 3.05) is 29.6 Å². The summed E-state index contributed by atoms with van der Waals surface area (Å²) in [6.07, 6.45) is -2.30. The van der Waals surface area contributed by atoms with E-state index in [1.165, 1.54) is 18.5 Å². The number of carbonyl (C=O) groups is 1. The van der Waals surface area contributed by atoms with Crippen molar-refractivity contribution >= 4 is 34.3 Å². The third-order valence-electron chi connectivity index (χ3n) is 5.63. The van der Waals surface area contributed by atoms with Gasteiger partial charge in [0, 0.05) is 23.5 Å². The minimum atomic E-state index is -4.50. The van der Waals surface area contributed by atoms with Gasteiger partial charge in [-0.1, -0.05) is 18.2 Å². The number of alkyl halides is 3. The Bertz CT molecular complexity index is 1380. The number of carbonyl (C=O) groups excluding carboxylic acids is 1. The van der Waals surface area contributed by atoms with Crippen LogP contribution >= 0.6 is 0 Å². The second-order valence-corrected chi connectivity index (χ2v) is 8.00. The Morgan fingerprint density at radius 2 is 1.86 bits per heavy atom. The molecule has 1 saturated heterocycles. The molecule has 0 aliphatic carbocycles. The fourth-order valence-electron chi connectivity index (χ4n) is 3.95. The summed E-state index contributed by atoms with van der Waals surface area (Å²) in [5.41, 5.74) is 7.71. The van der Waals surface area contributed by atoms with Gasteiger partial charge in [0.1, 0.15) is 17.8 Å². The average Bonchev–Trinajstić information content (AvgIpc) is 3.48. The summed E-state index contributed by atoms with van der Waals surface area (Å²) in [6, 6.07) is 10.6. The predicted octanol–water partition coefficient (Wildman–Crippen LogP) is 4.70. The minimum absolute atomic E-state index is 0.0253. The van der Waals surface area contributed by atoms with Gasteiger partial charge in [-0.05, 0) is 36.8 Å². The second-order valence-electron chi connectivity index (χ2n) is 8.00. The first-order valence-electron chi connectivity index (χ1n) is 10.7. The Morgan fingerprint density at radius 3 is 2.57 bits per heavy atom. The van der Waals surface area contributed by atoms with Crippen LogP contribution in [0.15, 0.2) is 54.9 Å². The van der Waals surface area contributed by atoms with Crippen LogP contribution in [-0.2, 0) is 10.9 Å². The van der Waals surface area contributed by atoms with E-state index in [1.807, 2.05) is 4.68 Å². The number of hydrogen-bond acceptors (Lipinski definition) is 6. The fraction of sp³-hybridized carbons (Fsp3) is 0.217. The summed E-state index contributed by atoms with van der Waals surface area (Å²) >= 11 is 0. The van der Waals surface area contributed by atoms with Crippen LogP contribution in [0, 0.1) is 0 Å². The molecule has 180 valence electrons. The van der Waals surface area contributed by atoms with Crippen LogP contribution in [0.4, 0.5) is 35.2 Å². The highest BCUT2D eigenvalue weighted by molar-refractivity contribution is 6.01. The predicted molar refractivity (Wildman–Crippen MR) is 124 cm³/mol. The number of nitrogen functional groups attached to an aromatic ring is 1. The van der Waals surface area contributed by atoms with Gasteiger partial charge in [0.2, 0.25) is 0 Å². The number of rotatable bonds is 4. The Labute approximate surface area is 197 Å². The van der Waals surface area contributed by atoms with Gasteiger partial charge in [-0.3, -0.25) is 0 Å². The molecule has 1 aliphatic rings. The minimum Gasteiger partial charge on any atom is -0.383 e. The van der Waals surface area contributed by atoms with E-state index in [2.05, 4.69) is 20.6 Å². The Hall–Kier alpha value is -4.19. The van der Waals surface area contributed by atoms with Crippen molar-refractivity contribution < 1.29 is 22.7 Å². The number of nitrogens with zero attached hydrogens (tertiary/aromatic N) is 4. The molecule has 2 aromatic heterocycles. The molecule has 12 heteroatoms. The largest absolute Gasteiger partial charge is 0.416 e. The monoisotopic (exact) mass is 483 g/mol. The lowest BCUT2D eigenvalue weighted by Gasteiger charge is -2.11. The highest BCUT2D eigenvalue weighted by Crippen LogP contribution is 2.34. The van der Waals surface area contributed by atoms with Crippen molar-refractivity contribution in [3.63, 3.8) is 0 Å². The van der Waals surface area contributed by atoms with Crippen LogP contribution in [0.2, 0.25) is 0 Å². The zero-order chi connectivity index (χ0) is 24.6. The highest BCUT2D eigenvalue weighted by Gasteiger charge is 2.30. The molecule has 0 spiro atoms. The summed E-state index contributed by atoms with van der Waals surface area (Å²) in [7, 11) is 0. The van der Waals surface area contributed by atoms with Crippen molar-refractivity contribution in [3.05, 3.63) is 60.4 Å². The number of urea groups is 1. The van der Waals surface area contributed by atoms with E-state index >= 15 is 0 Å². The Morgan fingerprint density at radius 1 is 1.09 bits per heavy atom. The topological polar surface area (TPSA) is 120 Å². The summed E-state index contributed by atoms with van der Waals surface area (Å²) in [4.78, 5) is 20.8. The molecule has 9 nitrogen and oxygen atoms in total. The third kappa shape index (κ3) is 4.60. The third-order valence-corrected chi connectivity index (χ3v) is 5.63. The van der Waals surface area contributed by atoms with E-state index in [0.717, 1.165) is 24.1 Å². The summed E-state index contributed by atoms with van der Waals surface area (Å²) in [5, 5.41) is 10.4. The maximum atomic E-state index is 12.9. The van der Waals surface area contributed by atoms with E-state index in [1.54, 1.807) is 24.3 Å². The number of nitrogens with one attached hydrogen (secondary N) is 2. The van der Waals surface area contributed by atoms with Crippen LogP contribution in [0.3, 0.4) is 0 Å². The first kappa shape index (κ1) is 22.6. The molecule has 2 aromatic carbocycles. The van der Waals surface area contributed by atoms with Gasteiger partial charge in [-0.15, -0.1) is 0 Å². The highest BCUT2D eigenvalue weighted by atomic mass is 19.4. The van der Waals surface area contributed by atoms with Gasteiger partial charge in [0.05, 0.1) is 23.6 Å². The zero-order valence-corrected chi connectivity index (χ0v) is 18.2. The van der Waals surface area contributed by atoms with Crippen molar-refractivity contribution in [1.29, 1.82) is 0 Å². The van der Waals surface area contributed by atoms with Gasteiger partial charge >= 0.3 is 12.2 Å². The molecular weight excluding hydrogens is 463 g/mol. The molecule has 4 aromatic rings. The number of fused-ring (bicyclic) bond motifs is 1. The molecule has 4 N–H and O–H groups in total. The molecule has 2 amide bonds. The summed E-state index contributed by atoms with van der Waals surface area (Å²) in [6.45, 7) is 1.18. The number of ether oxygens (including phenoxy) is 1. The zero-order valence-electron chi connectivity index (χ0n) is 18.2. The van der Waals surface area contributed by atoms with E-state index in [9.17, 15) is 18.0 Å². The lowest BCUT2D eigenvalue weighted by atomic mass is 10.1. The van der Waals surface area contributed by atoms with Gasteiger partial charge in [0.25, 0.3) is 0 Å². The van der Waals surface area contributed by atoms with Gasteiger partial charge in [-0.25, -0.2) is 19.4 Å². The first-order chi connectivity index (χ1) is 16.8. The lowest BCUT2D eigenvalue weighted by molar-refractivity contribution is -0.137. The van der Waals surface area contributed by atoms with E-state index in [0.29, 0.717) is 41.4 Å². The molecule has 1 fully saturated rings. The quantitative estimate of drug-likeness (QED) is 0.387. The maximum absolute atomic E-state index is 12.9. The average molecular weight is 483 g/mol. The standard InChI is InChI=1S/C23H20F3N7O2/c24-23(25,26)14-2-1-3-16(10-14)31-22(34)30-15-6-4-13(5-7-15)19-18-20(27)28-12-29-21(18)33(32-19)17-8-9-35-11-17/h1-7,10,12,17H,8-9,11H2,(H2,27,28,29)(H2,30,31,34)/t17-/m0/s1. The Balaban J connectivity index is 1.36. The molecular formula is C23H20F3N7O2. The molecule has 3 heterocycles. The smallest absolute Gasteiger partial charge is 0.383 e. The van der Waals surface area contributed by atoms with Crippen molar-refractivity contribution in [2.45, 2.75) is 18.6 Å². The molecule has 0 bridgehead atoms. The van der Waals surface area contributed by atoms with Gasteiger partial charge < -0.3 is 21.1 Å². The van der Waals surface area contributed by atoms with Gasteiger partial charge in [0.15, 0.2) is 5.65 Å². The SMILES string of the molecule is Nc1ncnc2c1c(-c1ccc(NC(=O)Nc3cccc(C(F)(F)F)c3)cc1)nn2[C@H]1CCOC1. The molecule has 35 heavy (non-hydrogen) atoms. The van der Waals surface area contributed by atoms with Crippen LogP contribution in [-0.4, -0.2) is 39.0 Å². The lowest BCUT2D eigenvalue weighted by Crippen LogP contribution is -2.19. The number of benzene rings is 2. The van der Waals surface area contributed by atoms with Crippen molar-refractivity contribution in [1.82, 2.24) is 19.7 Å². The van der Waals surface area contributed by atoms with E-state index < -0.39 is 17.8 Å². The number of anilines is 3. The number of hydrogen-bond donors (Lipinski definition) is 3. The van der Waals surface area contributed by atoms with Crippen LogP contribution < -0.4 is 16.4 Å². The number of aromatic nitrogens is 4. The molecule has 0 saturated carbocycles. The molecule has 0 radical (unpaired) electrons. The van der Waals surface area contributed by atoms with E-state index in [-0.39, 0.29) is 11.7 Å². The number of nitrogens with two attached hydrogens (primary N) is 1. The van der Waals surface area contributed by atoms with Crippen LogP contribution in [0.1, 0.15) is 18.0 Å². The normalized spacial score (nSPS) is 15.9. The number of halogens is 3. The van der Waals surface area contributed by atoms with Crippen molar-refractivity contribution in [2.24, 2.45) is 0 Å². The first-order valence-corrected chi connectivity index (χ1v) is 10.7. The van der Waals surface area contributed by atoms with Crippen molar-refractivity contribution in [3.8, 4) is 11.3 Å². The summed E-state index contributed by atoms with van der Waals surface area (Å²) in [5.74, 6) is 0.304. The Kier molecular flexibility index (Phi) is 5.73. The second kappa shape index (κ2) is 8.87. The van der Waals surface area contributed by atoms with Crippen LogP contribution in [0.25, 0.3) is 22.3 Å².